The van der Waals surface area contributed by atoms with Gasteiger partial charge >= 0.3 is 6.09 Å². The number of rotatable bonds is 5. The highest BCUT2D eigenvalue weighted by molar-refractivity contribution is 5.86. The molecule has 2 heterocycles. The Morgan fingerprint density at radius 2 is 1.62 bits per heavy atom. The first-order valence-corrected chi connectivity index (χ1v) is 11.3. The Morgan fingerprint density at radius 1 is 0.969 bits per heavy atom. The second-order valence-corrected chi connectivity index (χ2v) is 8.45. The number of aromatic nitrogens is 1. The Balaban J connectivity index is 1.57. The number of benzene rings is 2. The van der Waals surface area contributed by atoms with Gasteiger partial charge in [-0.1, -0.05) is 48.0 Å². The van der Waals surface area contributed by atoms with Crippen LogP contribution in [0.15, 0.2) is 54.7 Å². The van der Waals surface area contributed by atoms with E-state index in [9.17, 15) is 9.59 Å². The summed E-state index contributed by atoms with van der Waals surface area (Å²) in [5.74, 6) is 0.0873. The summed E-state index contributed by atoms with van der Waals surface area (Å²) in [6.07, 6.45) is 2.25. The molecule has 0 unspecified atom stereocenters. The second kappa shape index (κ2) is 9.47. The average molecular weight is 434 g/mol. The van der Waals surface area contributed by atoms with Gasteiger partial charge in [0.2, 0.25) is 5.91 Å². The number of para-hydroxylation sites is 1. The molecule has 1 saturated heterocycles. The van der Waals surface area contributed by atoms with Crippen LogP contribution in [0.4, 0.5) is 4.79 Å². The quantitative estimate of drug-likeness (QED) is 0.603. The van der Waals surface area contributed by atoms with Crippen LogP contribution in [0, 0.1) is 6.92 Å². The maximum absolute atomic E-state index is 13.4. The molecule has 32 heavy (non-hydrogen) atoms. The topological polar surface area (TPSA) is 54.8 Å². The van der Waals surface area contributed by atoms with Gasteiger partial charge in [0.15, 0.2) is 0 Å². The molecule has 6 heteroatoms. The molecule has 168 valence electrons. The van der Waals surface area contributed by atoms with Gasteiger partial charge in [0, 0.05) is 62.7 Å². The molecular formula is C26H31N3O3. The summed E-state index contributed by atoms with van der Waals surface area (Å²) in [5.41, 5.74) is 4.68. The number of nitrogens with zero attached hydrogens (tertiary/aromatic N) is 3. The van der Waals surface area contributed by atoms with Crippen LogP contribution in [0.2, 0.25) is 0 Å². The van der Waals surface area contributed by atoms with E-state index in [-0.39, 0.29) is 17.9 Å². The monoisotopic (exact) mass is 433 g/mol. The third-order valence-corrected chi connectivity index (χ3v) is 6.32. The summed E-state index contributed by atoms with van der Waals surface area (Å²) < 4.78 is 7.22. The van der Waals surface area contributed by atoms with Gasteiger partial charge in [-0.15, -0.1) is 0 Å². The Kier molecular flexibility index (Phi) is 6.49. The van der Waals surface area contributed by atoms with E-state index in [1.54, 1.807) is 11.8 Å². The lowest BCUT2D eigenvalue weighted by Gasteiger charge is -2.34. The number of aryl methyl sites for hydroxylation is 2. The Hall–Kier alpha value is -3.28. The molecule has 1 aliphatic heterocycles. The first kappa shape index (κ1) is 21.9. The molecule has 0 N–H and O–H groups in total. The molecule has 0 aliphatic carbocycles. The second-order valence-electron chi connectivity index (χ2n) is 8.45. The molecule has 2 aromatic carbocycles. The summed E-state index contributed by atoms with van der Waals surface area (Å²) in [7, 11) is 2.05. The first-order chi connectivity index (χ1) is 15.5. The van der Waals surface area contributed by atoms with Crippen molar-refractivity contribution in [3.63, 3.8) is 0 Å². The lowest BCUT2D eigenvalue weighted by molar-refractivity contribution is -0.133. The van der Waals surface area contributed by atoms with Crippen LogP contribution < -0.4 is 0 Å². The minimum Gasteiger partial charge on any atom is -0.450 e. The number of carbonyl (C=O) groups excluding carboxylic acids is 2. The molecule has 6 nitrogen and oxygen atoms in total. The fourth-order valence-electron chi connectivity index (χ4n) is 4.51. The maximum atomic E-state index is 13.4. The van der Waals surface area contributed by atoms with Gasteiger partial charge in [0.1, 0.15) is 0 Å². The van der Waals surface area contributed by atoms with E-state index < -0.39 is 0 Å². The Morgan fingerprint density at radius 3 is 2.31 bits per heavy atom. The molecule has 0 bridgehead atoms. The SMILES string of the molecule is CCOC(=O)N1CCN(C(=O)C[C@H](c2ccc(C)cc2)c2cn(C)c3ccccc23)CC1. The van der Waals surface area contributed by atoms with Gasteiger partial charge in [-0.25, -0.2) is 4.79 Å². The summed E-state index contributed by atoms with van der Waals surface area (Å²) >= 11 is 0. The Bertz CT molecular complexity index is 1100. The minimum atomic E-state index is -0.298. The lowest BCUT2D eigenvalue weighted by Crippen LogP contribution is -2.50. The predicted octanol–water partition coefficient (Wildman–Crippen LogP) is 4.31. The number of hydrogen-bond acceptors (Lipinski definition) is 3. The number of carbonyl (C=O) groups is 2. The molecule has 0 saturated carbocycles. The number of hydrogen-bond donors (Lipinski definition) is 0. The van der Waals surface area contributed by atoms with E-state index in [1.807, 2.05) is 11.0 Å². The third-order valence-electron chi connectivity index (χ3n) is 6.32. The van der Waals surface area contributed by atoms with E-state index in [4.69, 9.17) is 4.74 Å². The van der Waals surface area contributed by atoms with Crippen molar-refractivity contribution in [2.75, 3.05) is 32.8 Å². The highest BCUT2D eigenvalue weighted by Gasteiger charge is 2.28. The Labute approximate surface area is 189 Å². The average Bonchev–Trinajstić information content (AvgIpc) is 3.15. The zero-order valence-corrected chi connectivity index (χ0v) is 19.1. The highest BCUT2D eigenvalue weighted by Crippen LogP contribution is 2.35. The van der Waals surface area contributed by atoms with Crippen molar-refractivity contribution >= 4 is 22.9 Å². The fraction of sp³-hybridized carbons (Fsp3) is 0.385. The third kappa shape index (κ3) is 4.49. The number of ether oxygens (including phenoxy) is 1. The minimum absolute atomic E-state index is 0.0303. The molecule has 1 atom stereocenters. The molecule has 1 aliphatic rings. The molecule has 4 rings (SSSR count). The van der Waals surface area contributed by atoms with Gasteiger partial charge < -0.3 is 19.1 Å². The smallest absolute Gasteiger partial charge is 0.409 e. The molecule has 3 aromatic rings. The van der Waals surface area contributed by atoms with Crippen LogP contribution in [0.5, 0.6) is 0 Å². The van der Waals surface area contributed by atoms with Crippen molar-refractivity contribution in [2.24, 2.45) is 7.05 Å². The highest BCUT2D eigenvalue weighted by atomic mass is 16.6. The van der Waals surface area contributed by atoms with Crippen molar-refractivity contribution in [3.8, 4) is 0 Å². The van der Waals surface area contributed by atoms with Crippen LogP contribution in [0.3, 0.4) is 0 Å². The molecular weight excluding hydrogens is 402 g/mol. The molecule has 0 radical (unpaired) electrons. The largest absolute Gasteiger partial charge is 0.450 e. The lowest BCUT2D eigenvalue weighted by atomic mass is 9.87. The van der Waals surface area contributed by atoms with Gasteiger partial charge in [-0.05, 0) is 31.0 Å². The first-order valence-electron chi connectivity index (χ1n) is 11.3. The van der Waals surface area contributed by atoms with E-state index in [0.29, 0.717) is 39.2 Å². The zero-order chi connectivity index (χ0) is 22.7. The van der Waals surface area contributed by atoms with Crippen molar-refractivity contribution in [3.05, 3.63) is 71.4 Å². The molecule has 1 aromatic heterocycles. The maximum Gasteiger partial charge on any atom is 0.409 e. The van der Waals surface area contributed by atoms with Crippen molar-refractivity contribution in [1.82, 2.24) is 14.4 Å². The van der Waals surface area contributed by atoms with E-state index in [0.717, 1.165) is 11.1 Å². The van der Waals surface area contributed by atoms with Crippen LogP contribution in [0.1, 0.15) is 36.0 Å². The van der Waals surface area contributed by atoms with Crippen LogP contribution >= 0.6 is 0 Å². The molecule has 0 spiro atoms. The fourth-order valence-corrected chi connectivity index (χ4v) is 4.51. The summed E-state index contributed by atoms with van der Waals surface area (Å²) in [4.78, 5) is 28.9. The van der Waals surface area contributed by atoms with E-state index >= 15 is 0 Å². The van der Waals surface area contributed by atoms with Crippen LogP contribution in [-0.4, -0.2) is 59.2 Å². The van der Waals surface area contributed by atoms with Crippen molar-refractivity contribution in [1.29, 1.82) is 0 Å². The summed E-state index contributed by atoms with van der Waals surface area (Å²) in [6, 6.07) is 16.8. The van der Waals surface area contributed by atoms with Gasteiger partial charge in [0.05, 0.1) is 6.61 Å². The number of piperazine rings is 1. The summed E-state index contributed by atoms with van der Waals surface area (Å²) in [5, 5.41) is 1.18. The summed E-state index contributed by atoms with van der Waals surface area (Å²) in [6.45, 7) is 6.33. The zero-order valence-electron chi connectivity index (χ0n) is 19.1. The normalized spacial score (nSPS) is 15.1. The van der Waals surface area contributed by atoms with E-state index in [2.05, 4.69) is 67.2 Å². The van der Waals surface area contributed by atoms with Crippen molar-refractivity contribution in [2.45, 2.75) is 26.2 Å². The van der Waals surface area contributed by atoms with E-state index in [1.165, 1.54) is 16.5 Å². The molecule has 2 amide bonds. The van der Waals surface area contributed by atoms with Crippen molar-refractivity contribution < 1.29 is 14.3 Å². The van der Waals surface area contributed by atoms with Gasteiger partial charge in [0.25, 0.3) is 0 Å². The van der Waals surface area contributed by atoms with Gasteiger partial charge in [-0.3, -0.25) is 4.79 Å². The van der Waals surface area contributed by atoms with Crippen LogP contribution in [0.25, 0.3) is 10.9 Å². The van der Waals surface area contributed by atoms with Crippen LogP contribution in [-0.2, 0) is 16.6 Å². The number of amides is 2. The predicted molar refractivity (Wildman–Crippen MR) is 126 cm³/mol. The molecule has 1 fully saturated rings. The van der Waals surface area contributed by atoms with Gasteiger partial charge in [-0.2, -0.15) is 0 Å². The standard InChI is InChI=1S/C26H31N3O3/c1-4-32-26(31)29-15-13-28(14-16-29)25(30)17-22(20-11-9-19(2)10-12-20)23-18-27(3)24-8-6-5-7-21(23)24/h5-12,18,22H,4,13-17H2,1-3H3/t22-/m1/s1. The number of fused-ring (bicyclic) bond motifs is 1.